The molecule has 106 valence electrons. The number of nitriles is 1. The molecule has 4 rings (SSSR count). The molecular weight excluding hydrogens is 250 g/mol. The van der Waals surface area contributed by atoms with E-state index >= 15 is 0 Å². The standard InChI is InChI=1S/C15H21N5/c16-10-15(12-1-2-12,18-13-3-4-13)11-19-7-8-20-6-5-17-14(20)9-19/h5-6,12-13,18H,1-4,7-9,11H2. The summed E-state index contributed by atoms with van der Waals surface area (Å²) < 4.78 is 2.22. The van der Waals surface area contributed by atoms with Gasteiger partial charge in [-0.2, -0.15) is 5.26 Å². The summed E-state index contributed by atoms with van der Waals surface area (Å²) in [5.74, 6) is 1.68. The molecular formula is C15H21N5. The van der Waals surface area contributed by atoms with Crippen molar-refractivity contribution < 1.29 is 0 Å². The number of rotatable bonds is 5. The smallest absolute Gasteiger partial charge is 0.122 e. The molecule has 5 heteroatoms. The van der Waals surface area contributed by atoms with E-state index in [1.54, 1.807) is 0 Å². The van der Waals surface area contributed by atoms with Crippen LogP contribution in [0.15, 0.2) is 12.4 Å². The first-order chi connectivity index (χ1) is 9.79. The zero-order valence-corrected chi connectivity index (χ0v) is 11.8. The molecule has 2 heterocycles. The lowest BCUT2D eigenvalue weighted by Crippen LogP contribution is -2.56. The van der Waals surface area contributed by atoms with Crippen LogP contribution in [0, 0.1) is 17.2 Å². The molecule has 0 saturated heterocycles. The maximum Gasteiger partial charge on any atom is 0.122 e. The minimum absolute atomic E-state index is 0.323. The van der Waals surface area contributed by atoms with Crippen LogP contribution in [0.25, 0.3) is 0 Å². The molecule has 2 fully saturated rings. The summed E-state index contributed by atoms with van der Waals surface area (Å²) in [5.41, 5.74) is -0.323. The Balaban J connectivity index is 1.49. The Morgan fingerprint density at radius 1 is 1.35 bits per heavy atom. The highest BCUT2D eigenvalue weighted by molar-refractivity contribution is 5.19. The van der Waals surface area contributed by atoms with Gasteiger partial charge in [0.1, 0.15) is 11.4 Å². The maximum absolute atomic E-state index is 9.79. The number of nitrogens with one attached hydrogen (secondary N) is 1. The SMILES string of the molecule is N#CC(CN1CCn2ccnc2C1)(NC1CC1)C1CC1. The van der Waals surface area contributed by atoms with Gasteiger partial charge in [0.25, 0.3) is 0 Å². The first-order valence-corrected chi connectivity index (χ1v) is 7.70. The molecule has 0 radical (unpaired) electrons. The van der Waals surface area contributed by atoms with Crippen LogP contribution >= 0.6 is 0 Å². The second kappa shape index (κ2) is 4.57. The minimum atomic E-state index is -0.323. The molecule has 20 heavy (non-hydrogen) atoms. The Morgan fingerprint density at radius 3 is 2.90 bits per heavy atom. The van der Waals surface area contributed by atoms with Gasteiger partial charge < -0.3 is 4.57 Å². The zero-order chi connectivity index (χ0) is 13.6. The Hall–Kier alpha value is -1.38. The van der Waals surface area contributed by atoms with Crippen LogP contribution in [0.2, 0.25) is 0 Å². The van der Waals surface area contributed by atoms with Crippen molar-refractivity contribution >= 4 is 0 Å². The number of fused-ring (bicyclic) bond motifs is 1. The molecule has 2 saturated carbocycles. The van der Waals surface area contributed by atoms with Gasteiger partial charge in [-0.15, -0.1) is 0 Å². The third kappa shape index (κ3) is 2.23. The minimum Gasteiger partial charge on any atom is -0.333 e. The summed E-state index contributed by atoms with van der Waals surface area (Å²) >= 11 is 0. The van der Waals surface area contributed by atoms with E-state index in [1.807, 2.05) is 12.4 Å². The first kappa shape index (κ1) is 12.4. The van der Waals surface area contributed by atoms with Crippen molar-refractivity contribution in [2.24, 2.45) is 5.92 Å². The molecule has 0 amide bonds. The van der Waals surface area contributed by atoms with Crippen LogP contribution in [0.3, 0.4) is 0 Å². The predicted octanol–water partition coefficient (Wildman–Crippen LogP) is 1.12. The Morgan fingerprint density at radius 2 is 2.20 bits per heavy atom. The van der Waals surface area contributed by atoms with Crippen molar-refractivity contribution in [2.75, 3.05) is 13.1 Å². The van der Waals surface area contributed by atoms with Gasteiger partial charge in [-0.05, 0) is 31.6 Å². The predicted molar refractivity (Wildman–Crippen MR) is 74.7 cm³/mol. The quantitative estimate of drug-likeness (QED) is 0.872. The Bertz CT molecular complexity index is 537. The van der Waals surface area contributed by atoms with Gasteiger partial charge >= 0.3 is 0 Å². The van der Waals surface area contributed by atoms with Crippen molar-refractivity contribution in [3.8, 4) is 6.07 Å². The summed E-state index contributed by atoms with van der Waals surface area (Å²) in [7, 11) is 0. The molecule has 2 aliphatic carbocycles. The van der Waals surface area contributed by atoms with Crippen molar-refractivity contribution in [3.63, 3.8) is 0 Å². The number of aromatic nitrogens is 2. The molecule has 0 bridgehead atoms. The molecule has 1 aromatic heterocycles. The fraction of sp³-hybridized carbons (Fsp3) is 0.733. The number of hydrogen-bond acceptors (Lipinski definition) is 4. The van der Waals surface area contributed by atoms with Gasteiger partial charge in [-0.1, -0.05) is 0 Å². The van der Waals surface area contributed by atoms with Crippen molar-refractivity contribution in [3.05, 3.63) is 18.2 Å². The van der Waals surface area contributed by atoms with E-state index in [-0.39, 0.29) is 5.54 Å². The van der Waals surface area contributed by atoms with E-state index in [4.69, 9.17) is 0 Å². The van der Waals surface area contributed by atoms with E-state index in [0.29, 0.717) is 12.0 Å². The van der Waals surface area contributed by atoms with E-state index in [1.165, 1.54) is 25.7 Å². The lowest BCUT2D eigenvalue weighted by Gasteiger charge is -2.36. The van der Waals surface area contributed by atoms with Crippen LogP contribution in [-0.2, 0) is 13.1 Å². The van der Waals surface area contributed by atoms with Crippen LogP contribution in [-0.4, -0.2) is 39.1 Å². The molecule has 0 spiro atoms. The third-order valence-corrected chi connectivity index (χ3v) is 4.81. The lowest BCUT2D eigenvalue weighted by atomic mass is 9.93. The number of hydrogen-bond donors (Lipinski definition) is 1. The van der Waals surface area contributed by atoms with Gasteiger partial charge in [0.15, 0.2) is 0 Å². The lowest BCUT2D eigenvalue weighted by molar-refractivity contribution is 0.159. The summed E-state index contributed by atoms with van der Waals surface area (Å²) in [6.07, 6.45) is 8.81. The van der Waals surface area contributed by atoms with Crippen LogP contribution < -0.4 is 5.32 Å². The molecule has 1 atom stereocenters. The van der Waals surface area contributed by atoms with E-state index in [0.717, 1.165) is 32.0 Å². The first-order valence-electron chi connectivity index (χ1n) is 7.70. The number of nitrogens with zero attached hydrogens (tertiary/aromatic N) is 4. The largest absolute Gasteiger partial charge is 0.333 e. The highest BCUT2D eigenvalue weighted by atomic mass is 15.3. The summed E-state index contributed by atoms with van der Waals surface area (Å²) in [4.78, 5) is 6.82. The average Bonchev–Trinajstić information content (AvgIpc) is 3.37. The van der Waals surface area contributed by atoms with Crippen molar-refractivity contribution in [1.29, 1.82) is 5.26 Å². The molecule has 5 nitrogen and oxygen atoms in total. The summed E-state index contributed by atoms with van der Waals surface area (Å²) in [5, 5.41) is 13.4. The Kier molecular flexibility index (Phi) is 2.83. The van der Waals surface area contributed by atoms with Crippen molar-refractivity contribution in [1.82, 2.24) is 19.8 Å². The molecule has 3 aliphatic rings. The fourth-order valence-electron chi connectivity index (χ4n) is 3.33. The van der Waals surface area contributed by atoms with Crippen LogP contribution in [0.4, 0.5) is 0 Å². The fourth-order valence-corrected chi connectivity index (χ4v) is 3.33. The van der Waals surface area contributed by atoms with Crippen LogP contribution in [0.1, 0.15) is 31.5 Å². The zero-order valence-electron chi connectivity index (χ0n) is 11.8. The average molecular weight is 271 g/mol. The van der Waals surface area contributed by atoms with Gasteiger partial charge in [-0.25, -0.2) is 4.98 Å². The number of imidazole rings is 1. The van der Waals surface area contributed by atoms with Gasteiger partial charge in [0, 0.05) is 38.1 Å². The monoisotopic (exact) mass is 271 g/mol. The Labute approximate surface area is 119 Å². The van der Waals surface area contributed by atoms with Gasteiger partial charge in [0.05, 0.1) is 12.6 Å². The van der Waals surface area contributed by atoms with Crippen molar-refractivity contribution in [2.45, 2.75) is 50.4 Å². The third-order valence-electron chi connectivity index (χ3n) is 4.81. The van der Waals surface area contributed by atoms with Gasteiger partial charge in [-0.3, -0.25) is 10.2 Å². The van der Waals surface area contributed by atoms with E-state index in [2.05, 4.69) is 25.8 Å². The highest BCUT2D eigenvalue weighted by Crippen LogP contribution is 2.42. The summed E-state index contributed by atoms with van der Waals surface area (Å²) in [6.45, 7) is 3.73. The normalized spacial score (nSPS) is 25.8. The molecule has 1 unspecified atom stereocenters. The second-order valence-corrected chi connectivity index (χ2v) is 6.52. The van der Waals surface area contributed by atoms with Gasteiger partial charge in [0.2, 0.25) is 0 Å². The van der Waals surface area contributed by atoms with E-state index in [9.17, 15) is 5.26 Å². The highest BCUT2D eigenvalue weighted by Gasteiger charge is 2.49. The van der Waals surface area contributed by atoms with Crippen LogP contribution in [0.5, 0.6) is 0 Å². The van der Waals surface area contributed by atoms with E-state index < -0.39 is 0 Å². The molecule has 1 aliphatic heterocycles. The maximum atomic E-state index is 9.79. The second-order valence-electron chi connectivity index (χ2n) is 6.52. The molecule has 1 N–H and O–H groups in total. The summed E-state index contributed by atoms with van der Waals surface area (Å²) in [6, 6.07) is 3.22. The topological polar surface area (TPSA) is 56.9 Å². The molecule has 0 aromatic carbocycles. The molecule has 1 aromatic rings.